The number of oxime groups is 1. The molecule has 11 heavy (non-hydrogen) atoms. The molecular weight excluding hydrogens is 138 g/mol. The zero-order valence-electron chi connectivity index (χ0n) is 7.43. The van der Waals surface area contributed by atoms with Crippen LogP contribution < -0.4 is 0 Å². The van der Waals surface area contributed by atoms with Crippen LogP contribution in [0.4, 0.5) is 0 Å². The maximum absolute atomic E-state index is 5.03. The molecule has 1 heterocycles. The molecule has 1 rings (SSSR count). The maximum atomic E-state index is 5.03. The number of hydrogen-bond acceptors (Lipinski definition) is 2. The fraction of sp³-hybridized carbons (Fsp3) is 0.667. The second-order valence-electron chi connectivity index (χ2n) is 3.71. The van der Waals surface area contributed by atoms with Gasteiger partial charge in [-0.05, 0) is 18.8 Å². The number of rotatable bonds is 0. The lowest BCUT2D eigenvalue weighted by Crippen LogP contribution is -2.22. The van der Waals surface area contributed by atoms with Gasteiger partial charge in [-0.25, -0.2) is 0 Å². The van der Waals surface area contributed by atoms with Gasteiger partial charge >= 0.3 is 0 Å². The molecule has 0 N–H and O–H groups in total. The average Bonchev–Trinajstić information content (AvgIpc) is 1.86. The largest absolute Gasteiger partial charge is 0.379 e. The van der Waals surface area contributed by atoms with Crippen LogP contribution in [0.2, 0.25) is 0 Å². The summed E-state index contributed by atoms with van der Waals surface area (Å²) in [5, 5.41) is 3.92. The van der Waals surface area contributed by atoms with Gasteiger partial charge in [-0.1, -0.05) is 25.9 Å². The molecule has 1 aliphatic rings. The molecule has 0 bridgehead atoms. The highest BCUT2D eigenvalue weighted by Gasteiger charge is 2.20. The molecule has 1 aliphatic heterocycles. The molecule has 0 aromatic rings. The molecule has 60 valence electrons. The molecule has 0 saturated heterocycles. The fourth-order valence-corrected chi connectivity index (χ4v) is 0.675. The van der Waals surface area contributed by atoms with Crippen molar-refractivity contribution in [3.63, 3.8) is 0 Å². The Morgan fingerprint density at radius 2 is 2.09 bits per heavy atom. The van der Waals surface area contributed by atoms with E-state index in [0.29, 0.717) is 0 Å². The fourth-order valence-electron chi connectivity index (χ4n) is 0.675. The van der Waals surface area contributed by atoms with Crippen molar-refractivity contribution < 1.29 is 4.84 Å². The van der Waals surface area contributed by atoms with Gasteiger partial charge in [0.05, 0.1) is 0 Å². The van der Waals surface area contributed by atoms with Crippen LogP contribution in [0, 0.1) is 17.3 Å². The minimum absolute atomic E-state index is 0.00708. The number of nitrogens with zero attached hydrogens (tertiary/aromatic N) is 1. The van der Waals surface area contributed by atoms with Gasteiger partial charge in [-0.3, -0.25) is 0 Å². The summed E-state index contributed by atoms with van der Waals surface area (Å²) in [6.07, 6.45) is -0.0545. The predicted molar refractivity (Wildman–Crippen MR) is 45.2 cm³/mol. The first-order chi connectivity index (χ1) is 5.00. The molecule has 2 heteroatoms. The Morgan fingerprint density at radius 3 is 2.45 bits per heavy atom. The van der Waals surface area contributed by atoms with Gasteiger partial charge in [0.1, 0.15) is 5.71 Å². The molecule has 0 amide bonds. The first-order valence-corrected chi connectivity index (χ1v) is 3.76. The van der Waals surface area contributed by atoms with Crippen LogP contribution >= 0.6 is 0 Å². The highest BCUT2D eigenvalue weighted by atomic mass is 16.6. The highest BCUT2D eigenvalue weighted by molar-refractivity contribution is 6.04. The zero-order valence-corrected chi connectivity index (χ0v) is 7.43. The van der Waals surface area contributed by atoms with E-state index in [9.17, 15) is 0 Å². The van der Waals surface area contributed by atoms with Crippen LogP contribution in [0.5, 0.6) is 0 Å². The maximum Gasteiger partial charge on any atom is 0.185 e. The summed E-state index contributed by atoms with van der Waals surface area (Å²) in [5.41, 5.74) is 0.836. The molecule has 2 nitrogen and oxygen atoms in total. The molecule has 1 atom stereocenters. The first-order valence-electron chi connectivity index (χ1n) is 3.76. The van der Waals surface area contributed by atoms with E-state index in [0.717, 1.165) is 5.71 Å². The third-order valence-corrected chi connectivity index (χ3v) is 1.41. The second-order valence-corrected chi connectivity index (χ2v) is 3.71. The molecule has 0 fully saturated rings. The molecular formula is C9H13NO. The van der Waals surface area contributed by atoms with E-state index < -0.39 is 0 Å². The van der Waals surface area contributed by atoms with E-state index in [1.807, 2.05) is 6.92 Å². The summed E-state index contributed by atoms with van der Waals surface area (Å²) in [6.45, 7) is 8.09. The van der Waals surface area contributed by atoms with Crippen molar-refractivity contribution in [2.75, 3.05) is 0 Å². The zero-order chi connectivity index (χ0) is 8.48. The summed E-state index contributed by atoms with van der Waals surface area (Å²) in [7, 11) is 0. The second kappa shape index (κ2) is 2.58. The smallest absolute Gasteiger partial charge is 0.185 e. The Morgan fingerprint density at radius 1 is 1.45 bits per heavy atom. The summed E-state index contributed by atoms with van der Waals surface area (Å²) in [6, 6.07) is 0. The van der Waals surface area contributed by atoms with Gasteiger partial charge in [0.2, 0.25) is 0 Å². The third-order valence-electron chi connectivity index (χ3n) is 1.41. The van der Waals surface area contributed by atoms with Gasteiger partial charge in [-0.2, -0.15) is 0 Å². The Balaban J connectivity index is 2.79. The van der Waals surface area contributed by atoms with Crippen LogP contribution in [-0.4, -0.2) is 11.8 Å². The van der Waals surface area contributed by atoms with Gasteiger partial charge in [0.15, 0.2) is 6.10 Å². The average molecular weight is 151 g/mol. The summed E-state index contributed by atoms with van der Waals surface area (Å²) < 4.78 is 0. The van der Waals surface area contributed by atoms with Crippen LogP contribution in [0.1, 0.15) is 27.7 Å². The van der Waals surface area contributed by atoms with E-state index >= 15 is 0 Å². The summed E-state index contributed by atoms with van der Waals surface area (Å²) >= 11 is 0. The minimum atomic E-state index is -0.0545. The van der Waals surface area contributed by atoms with Crippen LogP contribution in [0.3, 0.4) is 0 Å². The van der Waals surface area contributed by atoms with Gasteiger partial charge in [0.25, 0.3) is 0 Å². The lowest BCUT2D eigenvalue weighted by atomic mass is 9.90. The van der Waals surface area contributed by atoms with Gasteiger partial charge < -0.3 is 4.84 Å². The SMILES string of the molecule is CC1C#CC(C(C)(C)C)=NO1. The van der Waals surface area contributed by atoms with Crippen molar-refractivity contribution in [3.05, 3.63) is 0 Å². The van der Waals surface area contributed by atoms with E-state index in [1.54, 1.807) is 0 Å². The lowest BCUT2D eigenvalue weighted by molar-refractivity contribution is 0.108. The molecule has 0 radical (unpaired) electrons. The monoisotopic (exact) mass is 151 g/mol. The normalized spacial score (nSPS) is 22.9. The van der Waals surface area contributed by atoms with Crippen molar-refractivity contribution in [1.82, 2.24) is 0 Å². The van der Waals surface area contributed by atoms with Crippen LogP contribution in [-0.2, 0) is 4.84 Å². The molecule has 1 unspecified atom stereocenters. The molecule has 0 spiro atoms. The van der Waals surface area contributed by atoms with E-state index in [4.69, 9.17) is 4.84 Å². The van der Waals surface area contributed by atoms with Crippen LogP contribution in [0.15, 0.2) is 5.16 Å². The van der Waals surface area contributed by atoms with Crippen molar-refractivity contribution in [2.24, 2.45) is 10.6 Å². The van der Waals surface area contributed by atoms with E-state index in [2.05, 4.69) is 37.8 Å². The van der Waals surface area contributed by atoms with Gasteiger partial charge in [-0.15, -0.1) is 0 Å². The van der Waals surface area contributed by atoms with E-state index in [1.165, 1.54) is 0 Å². The molecule has 0 saturated carbocycles. The minimum Gasteiger partial charge on any atom is -0.379 e. The molecule has 0 aromatic carbocycles. The first kappa shape index (κ1) is 8.13. The predicted octanol–water partition coefficient (Wildman–Crippen LogP) is 1.81. The Bertz CT molecular complexity index is 237. The Kier molecular flexibility index (Phi) is 1.90. The van der Waals surface area contributed by atoms with Crippen molar-refractivity contribution in [2.45, 2.75) is 33.8 Å². The molecule has 0 aliphatic carbocycles. The van der Waals surface area contributed by atoms with Crippen molar-refractivity contribution in [1.29, 1.82) is 0 Å². The summed E-state index contributed by atoms with van der Waals surface area (Å²) in [5.74, 6) is 5.92. The number of hydrogen-bond donors (Lipinski definition) is 0. The van der Waals surface area contributed by atoms with Crippen LogP contribution in [0.25, 0.3) is 0 Å². The third kappa shape index (κ3) is 1.98. The molecule has 0 aromatic heterocycles. The quantitative estimate of drug-likeness (QED) is 0.484. The van der Waals surface area contributed by atoms with Gasteiger partial charge in [0, 0.05) is 5.41 Å². The highest BCUT2D eigenvalue weighted by Crippen LogP contribution is 2.17. The Hall–Kier alpha value is -0.970. The summed E-state index contributed by atoms with van der Waals surface area (Å²) in [4.78, 5) is 5.03. The standard InChI is InChI=1S/C9H13NO/c1-7-5-6-8(10-11-7)9(2,3)4/h7H,1-4H3. The van der Waals surface area contributed by atoms with Crippen molar-refractivity contribution >= 4 is 5.71 Å². The van der Waals surface area contributed by atoms with Crippen molar-refractivity contribution in [3.8, 4) is 11.8 Å². The topological polar surface area (TPSA) is 21.6 Å². The lowest BCUT2D eigenvalue weighted by Gasteiger charge is -2.18. The van der Waals surface area contributed by atoms with E-state index in [-0.39, 0.29) is 11.5 Å². The Labute approximate surface area is 67.6 Å².